The van der Waals surface area contributed by atoms with Crippen LogP contribution in [-0.4, -0.2) is 18.6 Å². The number of hydrogen-bond acceptors (Lipinski definition) is 2. The molecule has 3 rings (SSSR count). The first kappa shape index (κ1) is 12.2. The largest absolute Gasteiger partial charge is 0.312 e. The summed E-state index contributed by atoms with van der Waals surface area (Å²) in [6.45, 7) is 4.52. The first-order valence-electron chi connectivity index (χ1n) is 7.35. The molecule has 0 radical (unpaired) electrons. The van der Waals surface area contributed by atoms with E-state index in [1.165, 1.54) is 36.8 Å². The van der Waals surface area contributed by atoms with Gasteiger partial charge in [0.05, 0.1) is 0 Å². The third kappa shape index (κ3) is 2.76. The third-order valence-corrected chi connectivity index (χ3v) is 4.51. The smallest absolute Gasteiger partial charge is 0.0236 e. The summed E-state index contributed by atoms with van der Waals surface area (Å²) in [5.41, 5.74) is 3.01. The number of rotatable bonds is 3. The number of benzene rings is 1. The van der Waals surface area contributed by atoms with E-state index >= 15 is 0 Å². The summed E-state index contributed by atoms with van der Waals surface area (Å²) < 4.78 is 0. The van der Waals surface area contributed by atoms with Crippen molar-refractivity contribution in [2.24, 2.45) is 5.92 Å². The molecule has 1 aliphatic heterocycles. The molecule has 98 valence electrons. The van der Waals surface area contributed by atoms with Gasteiger partial charge in [0, 0.05) is 25.2 Å². The molecule has 2 aliphatic rings. The van der Waals surface area contributed by atoms with Crippen molar-refractivity contribution in [2.75, 3.05) is 6.54 Å². The lowest BCUT2D eigenvalue weighted by Gasteiger charge is -2.27. The van der Waals surface area contributed by atoms with Crippen molar-refractivity contribution in [2.45, 2.75) is 51.2 Å². The fourth-order valence-corrected chi connectivity index (χ4v) is 3.37. The number of fused-ring (bicyclic) bond motifs is 1. The minimum atomic E-state index is 0.607. The highest BCUT2D eigenvalue weighted by molar-refractivity contribution is 5.29. The predicted molar refractivity (Wildman–Crippen MR) is 75.6 cm³/mol. The molecule has 1 aliphatic carbocycles. The van der Waals surface area contributed by atoms with E-state index in [2.05, 4.69) is 41.8 Å². The minimum absolute atomic E-state index is 0.607. The van der Waals surface area contributed by atoms with Crippen LogP contribution in [0.4, 0.5) is 0 Å². The Balaban J connectivity index is 1.51. The highest BCUT2D eigenvalue weighted by Gasteiger charge is 2.23. The second-order valence-corrected chi connectivity index (χ2v) is 6.07. The van der Waals surface area contributed by atoms with Crippen LogP contribution in [0.25, 0.3) is 0 Å². The molecule has 2 N–H and O–H groups in total. The van der Waals surface area contributed by atoms with E-state index in [0.29, 0.717) is 6.04 Å². The van der Waals surface area contributed by atoms with Gasteiger partial charge in [0.15, 0.2) is 0 Å². The van der Waals surface area contributed by atoms with Gasteiger partial charge in [-0.1, -0.05) is 31.2 Å². The Hall–Kier alpha value is -0.860. The lowest BCUT2D eigenvalue weighted by molar-refractivity contribution is 0.409. The number of hydrogen-bond donors (Lipinski definition) is 2. The Labute approximate surface area is 110 Å². The molecule has 1 aromatic carbocycles. The van der Waals surface area contributed by atoms with E-state index in [-0.39, 0.29) is 0 Å². The van der Waals surface area contributed by atoms with Crippen LogP contribution in [0.5, 0.6) is 0 Å². The van der Waals surface area contributed by atoms with Gasteiger partial charge in [-0.15, -0.1) is 0 Å². The zero-order valence-corrected chi connectivity index (χ0v) is 11.3. The van der Waals surface area contributed by atoms with Gasteiger partial charge < -0.3 is 10.6 Å². The van der Waals surface area contributed by atoms with Crippen molar-refractivity contribution in [3.05, 3.63) is 35.4 Å². The summed E-state index contributed by atoms with van der Waals surface area (Å²) in [6.07, 6.45) is 5.30. The normalized spacial score (nSPS) is 31.3. The summed E-state index contributed by atoms with van der Waals surface area (Å²) in [5, 5.41) is 7.40. The van der Waals surface area contributed by atoms with Crippen molar-refractivity contribution >= 4 is 0 Å². The third-order valence-electron chi connectivity index (χ3n) is 4.51. The van der Waals surface area contributed by atoms with Crippen LogP contribution in [0.15, 0.2) is 24.3 Å². The zero-order valence-electron chi connectivity index (χ0n) is 11.3. The molecule has 0 aromatic heterocycles. The molecule has 1 fully saturated rings. The maximum absolute atomic E-state index is 3.75. The van der Waals surface area contributed by atoms with Crippen molar-refractivity contribution in [1.29, 1.82) is 0 Å². The van der Waals surface area contributed by atoms with E-state index in [9.17, 15) is 0 Å². The van der Waals surface area contributed by atoms with Crippen LogP contribution in [0.2, 0.25) is 0 Å². The minimum Gasteiger partial charge on any atom is -0.312 e. The van der Waals surface area contributed by atoms with E-state index in [0.717, 1.165) is 25.0 Å². The molecule has 2 nitrogen and oxygen atoms in total. The van der Waals surface area contributed by atoms with E-state index in [1.54, 1.807) is 0 Å². The first-order chi connectivity index (χ1) is 8.81. The van der Waals surface area contributed by atoms with Gasteiger partial charge in [-0.3, -0.25) is 0 Å². The molecule has 0 amide bonds. The van der Waals surface area contributed by atoms with Crippen molar-refractivity contribution < 1.29 is 0 Å². The maximum Gasteiger partial charge on any atom is 0.0236 e. The van der Waals surface area contributed by atoms with Crippen LogP contribution < -0.4 is 10.6 Å². The standard InChI is InChI=1S/C16H24N2/c1-12-6-7-15(8-12)18-11-16-9-13-4-2-3-5-14(13)10-17-16/h2-5,12,15-18H,6-11H2,1H3. The van der Waals surface area contributed by atoms with Crippen LogP contribution >= 0.6 is 0 Å². The van der Waals surface area contributed by atoms with Gasteiger partial charge in [-0.25, -0.2) is 0 Å². The Morgan fingerprint density at radius 1 is 1.22 bits per heavy atom. The number of nitrogens with one attached hydrogen (secondary N) is 2. The Kier molecular flexibility index (Phi) is 3.67. The second-order valence-electron chi connectivity index (χ2n) is 6.07. The summed E-state index contributed by atoms with van der Waals surface area (Å²) in [5.74, 6) is 0.919. The van der Waals surface area contributed by atoms with Crippen molar-refractivity contribution in [3.8, 4) is 0 Å². The van der Waals surface area contributed by atoms with Crippen LogP contribution in [0, 0.1) is 5.92 Å². The first-order valence-corrected chi connectivity index (χ1v) is 7.35. The quantitative estimate of drug-likeness (QED) is 0.853. The van der Waals surface area contributed by atoms with Gasteiger partial charge in [-0.05, 0) is 42.7 Å². The SMILES string of the molecule is CC1CCC(NCC2Cc3ccccc3CN2)C1. The van der Waals surface area contributed by atoms with E-state index in [4.69, 9.17) is 0 Å². The highest BCUT2D eigenvalue weighted by Crippen LogP contribution is 2.24. The monoisotopic (exact) mass is 244 g/mol. The molecule has 0 bridgehead atoms. The molecule has 2 heteroatoms. The molecule has 3 unspecified atom stereocenters. The maximum atomic E-state index is 3.75. The van der Waals surface area contributed by atoms with Gasteiger partial charge >= 0.3 is 0 Å². The molecule has 3 atom stereocenters. The van der Waals surface area contributed by atoms with Gasteiger partial charge in [0.25, 0.3) is 0 Å². The molecule has 0 spiro atoms. The van der Waals surface area contributed by atoms with E-state index in [1.807, 2.05) is 0 Å². The molecular formula is C16H24N2. The summed E-state index contributed by atoms with van der Waals surface area (Å²) in [6, 6.07) is 10.2. The lowest BCUT2D eigenvalue weighted by Crippen LogP contribution is -2.45. The fourth-order valence-electron chi connectivity index (χ4n) is 3.37. The van der Waals surface area contributed by atoms with Gasteiger partial charge in [0.2, 0.25) is 0 Å². The topological polar surface area (TPSA) is 24.1 Å². The zero-order chi connectivity index (χ0) is 12.4. The van der Waals surface area contributed by atoms with Crippen LogP contribution in [-0.2, 0) is 13.0 Å². The van der Waals surface area contributed by atoms with Crippen molar-refractivity contribution in [1.82, 2.24) is 10.6 Å². The Morgan fingerprint density at radius 3 is 2.83 bits per heavy atom. The van der Waals surface area contributed by atoms with E-state index < -0.39 is 0 Å². The fraction of sp³-hybridized carbons (Fsp3) is 0.625. The highest BCUT2D eigenvalue weighted by atomic mass is 15.0. The lowest BCUT2D eigenvalue weighted by atomic mass is 9.96. The van der Waals surface area contributed by atoms with Gasteiger partial charge in [0.1, 0.15) is 0 Å². The molecule has 1 heterocycles. The average Bonchev–Trinajstić information content (AvgIpc) is 2.82. The predicted octanol–water partition coefficient (Wildman–Crippen LogP) is 2.48. The molecule has 0 saturated heterocycles. The van der Waals surface area contributed by atoms with Crippen LogP contribution in [0.1, 0.15) is 37.3 Å². The van der Waals surface area contributed by atoms with Gasteiger partial charge in [-0.2, -0.15) is 0 Å². The van der Waals surface area contributed by atoms with Crippen LogP contribution in [0.3, 0.4) is 0 Å². The summed E-state index contributed by atoms with van der Waals surface area (Å²) in [7, 11) is 0. The molecule has 18 heavy (non-hydrogen) atoms. The molecule has 1 saturated carbocycles. The average molecular weight is 244 g/mol. The Morgan fingerprint density at radius 2 is 2.06 bits per heavy atom. The summed E-state index contributed by atoms with van der Waals surface area (Å²) in [4.78, 5) is 0. The molecule has 1 aromatic rings. The Bertz CT molecular complexity index is 402. The van der Waals surface area contributed by atoms with Crippen molar-refractivity contribution in [3.63, 3.8) is 0 Å². The molecular weight excluding hydrogens is 220 g/mol. The second kappa shape index (κ2) is 5.41. The summed E-state index contributed by atoms with van der Waals surface area (Å²) >= 11 is 0.